The van der Waals surface area contributed by atoms with Gasteiger partial charge < -0.3 is 15.0 Å². The number of aldehydes is 1. The summed E-state index contributed by atoms with van der Waals surface area (Å²) in [5.41, 5.74) is 6.83. The molecule has 0 radical (unpaired) electrons. The first kappa shape index (κ1) is 17.3. The molecule has 0 atom stereocenters. The predicted molar refractivity (Wildman–Crippen MR) is 85.8 cm³/mol. The summed E-state index contributed by atoms with van der Waals surface area (Å²) in [6, 6.07) is 7.58. The van der Waals surface area contributed by atoms with Crippen molar-refractivity contribution in [1.29, 1.82) is 0 Å². The van der Waals surface area contributed by atoms with E-state index in [-0.39, 0.29) is 0 Å². The van der Waals surface area contributed by atoms with Crippen molar-refractivity contribution in [1.82, 2.24) is 9.55 Å². The molecule has 21 heavy (non-hydrogen) atoms. The molecule has 6 heteroatoms. The summed E-state index contributed by atoms with van der Waals surface area (Å²) in [6.45, 7) is 5.58. The number of nitrogen functional groups attached to an aromatic ring is 1. The van der Waals surface area contributed by atoms with Crippen LogP contribution in [0.1, 0.15) is 24.3 Å². The first-order valence-electron chi connectivity index (χ1n) is 6.69. The number of aromatic nitrogens is 2. The third kappa shape index (κ3) is 5.61. The number of aryl methyl sites for hydroxylation is 1. The van der Waals surface area contributed by atoms with Gasteiger partial charge in [-0.05, 0) is 38.1 Å². The van der Waals surface area contributed by atoms with Crippen LogP contribution >= 0.6 is 11.8 Å². The molecular weight excluding hydrogens is 286 g/mol. The Bertz CT molecular complexity index is 551. The van der Waals surface area contributed by atoms with Gasteiger partial charge in [0.25, 0.3) is 0 Å². The second-order valence-electron chi connectivity index (χ2n) is 4.10. The summed E-state index contributed by atoms with van der Waals surface area (Å²) < 4.78 is 6.49. The number of hydrogen-bond acceptors (Lipinski definition) is 5. The number of carbonyl (C=O) groups is 1. The van der Waals surface area contributed by atoms with Gasteiger partial charge in [-0.15, -0.1) is 0 Å². The Morgan fingerprint density at radius 2 is 1.95 bits per heavy atom. The van der Waals surface area contributed by atoms with E-state index in [1.165, 1.54) is 11.8 Å². The highest BCUT2D eigenvalue weighted by molar-refractivity contribution is 7.99. The normalized spacial score (nSPS) is 9.86. The Morgan fingerprint density at radius 3 is 2.43 bits per heavy atom. The van der Waals surface area contributed by atoms with E-state index < -0.39 is 0 Å². The van der Waals surface area contributed by atoms with Gasteiger partial charge in [0.2, 0.25) is 0 Å². The summed E-state index contributed by atoms with van der Waals surface area (Å²) in [7, 11) is 1.68. The number of nitrogens with two attached hydrogens (primary N) is 1. The van der Waals surface area contributed by atoms with E-state index in [0.717, 1.165) is 35.2 Å². The van der Waals surface area contributed by atoms with Crippen molar-refractivity contribution < 1.29 is 9.53 Å². The Kier molecular flexibility index (Phi) is 7.56. The Morgan fingerprint density at radius 1 is 1.33 bits per heavy atom. The maximum absolute atomic E-state index is 10.7. The molecule has 0 unspecified atom stereocenters. The topological polar surface area (TPSA) is 70.1 Å². The minimum Gasteiger partial charge on any atom is -0.399 e. The summed E-state index contributed by atoms with van der Waals surface area (Å²) >= 11 is 1.52. The van der Waals surface area contributed by atoms with Gasteiger partial charge in [0, 0.05) is 37.0 Å². The van der Waals surface area contributed by atoms with Gasteiger partial charge in [-0.1, -0.05) is 11.8 Å². The zero-order valence-corrected chi connectivity index (χ0v) is 13.4. The quantitative estimate of drug-likeness (QED) is 0.679. The lowest BCUT2D eigenvalue weighted by Crippen LogP contribution is -1.94. The van der Waals surface area contributed by atoms with Crippen molar-refractivity contribution in [3.8, 4) is 0 Å². The summed E-state index contributed by atoms with van der Waals surface area (Å²) in [5, 5.41) is 0.819. The molecule has 0 aliphatic carbocycles. The van der Waals surface area contributed by atoms with Crippen molar-refractivity contribution in [3.05, 3.63) is 36.2 Å². The fourth-order valence-corrected chi connectivity index (χ4v) is 2.36. The molecule has 2 N–H and O–H groups in total. The van der Waals surface area contributed by atoms with Crippen molar-refractivity contribution >= 4 is 23.7 Å². The van der Waals surface area contributed by atoms with Gasteiger partial charge in [-0.2, -0.15) is 0 Å². The first-order chi connectivity index (χ1) is 10.1. The zero-order chi connectivity index (χ0) is 15.7. The van der Waals surface area contributed by atoms with Gasteiger partial charge in [0.1, 0.15) is 5.69 Å². The molecule has 1 aromatic carbocycles. The largest absolute Gasteiger partial charge is 0.399 e. The van der Waals surface area contributed by atoms with Crippen LogP contribution < -0.4 is 5.73 Å². The van der Waals surface area contributed by atoms with Gasteiger partial charge in [-0.3, -0.25) is 4.79 Å². The fourth-order valence-electron chi connectivity index (χ4n) is 1.42. The Labute approximate surface area is 129 Å². The van der Waals surface area contributed by atoms with Gasteiger partial charge in [0.05, 0.1) is 0 Å². The van der Waals surface area contributed by atoms with Crippen molar-refractivity contribution in [3.63, 3.8) is 0 Å². The number of hydrogen-bond donors (Lipinski definition) is 1. The molecule has 114 valence electrons. The lowest BCUT2D eigenvalue weighted by Gasteiger charge is -2.03. The van der Waals surface area contributed by atoms with Crippen LogP contribution in [0.3, 0.4) is 0 Å². The first-order valence-corrected chi connectivity index (χ1v) is 7.50. The second-order valence-corrected chi connectivity index (χ2v) is 5.14. The van der Waals surface area contributed by atoms with Crippen LogP contribution in [0.25, 0.3) is 0 Å². The van der Waals surface area contributed by atoms with Gasteiger partial charge in [-0.25, -0.2) is 4.98 Å². The van der Waals surface area contributed by atoms with Crippen molar-refractivity contribution in [2.75, 3.05) is 19.5 Å². The fraction of sp³-hybridized carbons (Fsp3) is 0.333. The van der Waals surface area contributed by atoms with Crippen LogP contribution in [0.15, 0.2) is 40.5 Å². The number of anilines is 1. The summed E-state index contributed by atoms with van der Waals surface area (Å²) in [6.07, 6.45) is 2.52. The maximum atomic E-state index is 10.7. The molecule has 0 fully saturated rings. The number of rotatable bonds is 5. The number of benzene rings is 1. The van der Waals surface area contributed by atoms with E-state index in [1.807, 2.05) is 42.7 Å². The van der Waals surface area contributed by atoms with Crippen LogP contribution in [0.5, 0.6) is 0 Å². The average molecular weight is 307 g/mol. The number of nitrogens with zero attached hydrogens (tertiary/aromatic N) is 2. The SMILES string of the molecule is CCOC.CCn1cc(C=O)nc1Sc1ccc(N)cc1. The minimum absolute atomic E-state index is 0.463. The molecule has 0 aliphatic heterocycles. The van der Waals surface area contributed by atoms with Crippen LogP contribution in [0.4, 0.5) is 5.69 Å². The molecule has 1 heterocycles. The smallest absolute Gasteiger partial charge is 0.173 e. The van der Waals surface area contributed by atoms with Gasteiger partial charge >= 0.3 is 0 Å². The molecule has 2 aromatic rings. The molecule has 0 bridgehead atoms. The molecule has 0 aliphatic rings. The zero-order valence-electron chi connectivity index (χ0n) is 12.6. The van der Waals surface area contributed by atoms with E-state index in [1.54, 1.807) is 13.3 Å². The Balaban J connectivity index is 0.000000491. The highest BCUT2D eigenvalue weighted by atomic mass is 32.2. The minimum atomic E-state index is 0.463. The molecule has 1 aromatic heterocycles. The van der Waals surface area contributed by atoms with E-state index >= 15 is 0 Å². The highest BCUT2D eigenvalue weighted by Crippen LogP contribution is 2.27. The van der Waals surface area contributed by atoms with E-state index in [2.05, 4.69) is 9.72 Å². The standard InChI is InChI=1S/C12H13N3OS.C3H8O/c1-2-15-7-10(8-16)14-12(15)17-11-5-3-9(13)4-6-11;1-3-4-2/h3-8H,2,13H2,1H3;3H2,1-2H3. The number of carbonyl (C=O) groups excluding carboxylic acids is 1. The molecule has 0 saturated carbocycles. The van der Waals surface area contributed by atoms with E-state index in [0.29, 0.717) is 5.69 Å². The third-order valence-corrected chi connectivity index (χ3v) is 3.61. The van der Waals surface area contributed by atoms with Crippen LogP contribution in [0.2, 0.25) is 0 Å². The maximum Gasteiger partial charge on any atom is 0.173 e. The highest BCUT2D eigenvalue weighted by Gasteiger charge is 2.07. The lowest BCUT2D eigenvalue weighted by atomic mass is 10.3. The summed E-state index contributed by atoms with van der Waals surface area (Å²) in [5.74, 6) is 0. The number of ether oxygens (including phenoxy) is 1. The molecule has 0 spiro atoms. The number of imidazole rings is 1. The molecule has 2 rings (SSSR count). The van der Waals surface area contributed by atoms with Crippen LogP contribution in [-0.4, -0.2) is 29.6 Å². The van der Waals surface area contributed by atoms with Crippen molar-refractivity contribution in [2.45, 2.75) is 30.4 Å². The second kappa shape index (κ2) is 9.20. The molecule has 0 saturated heterocycles. The summed E-state index contributed by atoms with van der Waals surface area (Å²) in [4.78, 5) is 16.0. The van der Waals surface area contributed by atoms with Crippen molar-refractivity contribution in [2.24, 2.45) is 0 Å². The van der Waals surface area contributed by atoms with E-state index in [4.69, 9.17) is 5.73 Å². The van der Waals surface area contributed by atoms with Gasteiger partial charge in [0.15, 0.2) is 11.4 Å². The molecule has 5 nitrogen and oxygen atoms in total. The predicted octanol–water partition coefficient (Wildman–Crippen LogP) is 3.10. The lowest BCUT2D eigenvalue weighted by molar-refractivity contribution is 0.111. The van der Waals surface area contributed by atoms with E-state index in [9.17, 15) is 4.79 Å². The monoisotopic (exact) mass is 307 g/mol. The van der Waals surface area contributed by atoms with Crippen LogP contribution in [-0.2, 0) is 11.3 Å². The number of methoxy groups -OCH3 is 1. The third-order valence-electron chi connectivity index (χ3n) is 2.60. The Hall–Kier alpha value is -1.79. The average Bonchev–Trinajstić information content (AvgIpc) is 2.92. The van der Waals surface area contributed by atoms with Crippen LogP contribution in [0, 0.1) is 0 Å². The molecular formula is C15H21N3O2S. The molecule has 0 amide bonds.